The van der Waals surface area contributed by atoms with Gasteiger partial charge < -0.3 is 9.12 Å². The average molecular weight is 229 g/mol. The topological polar surface area (TPSA) is 17.0 Å². The van der Waals surface area contributed by atoms with Gasteiger partial charge in [0.1, 0.15) is 7.05 Å². The number of rotatable bonds is 0. The van der Waals surface area contributed by atoms with Gasteiger partial charge in [-0.2, -0.15) is 4.57 Å². The number of hydrogen-bond acceptors (Lipinski definition) is 1. The summed E-state index contributed by atoms with van der Waals surface area (Å²) in [5.41, 5.74) is 1.20. The Morgan fingerprint density at radius 1 is 1.13 bits per heavy atom. The molecule has 2 nitrogen and oxygen atoms in total. The van der Waals surface area contributed by atoms with Gasteiger partial charge in [0.05, 0.1) is 6.92 Å². The van der Waals surface area contributed by atoms with Gasteiger partial charge in [-0.3, -0.25) is 12.9 Å². The number of hydrogen-bond donors (Lipinski definition) is 0. The summed E-state index contributed by atoms with van der Waals surface area (Å²) in [6, 6.07) is 0. The maximum Gasteiger partial charge on any atom is 0.762 e. The fraction of sp³-hybridized carbons (Fsp3) is 0.625. The van der Waals surface area contributed by atoms with Crippen LogP contribution in [0.25, 0.3) is 0 Å². The Morgan fingerprint density at radius 2 is 1.47 bits per heavy atom. The highest BCUT2D eigenvalue weighted by molar-refractivity contribution is 6.33. The van der Waals surface area contributed by atoms with Crippen molar-refractivity contribution >= 4 is 7.54 Å². The van der Waals surface area contributed by atoms with Crippen molar-refractivity contribution in [1.82, 2.24) is 0 Å². The van der Waals surface area contributed by atoms with Crippen LogP contribution in [0.2, 0.25) is 0 Å². The standard InChI is InChI=1S/C7H12NO.CH4.BF3.FH/c1-5-6(2)9-7(3)8(5)4;;2-1(3)4;/h1-4H3;1H4;;1H/q+1;;;/p-1. The fourth-order valence-corrected chi connectivity index (χ4v) is 0.836. The van der Waals surface area contributed by atoms with Gasteiger partial charge in [-0.25, -0.2) is 0 Å². The lowest BCUT2D eigenvalue weighted by molar-refractivity contribution is -0.687. The van der Waals surface area contributed by atoms with Gasteiger partial charge in [-0.15, -0.1) is 0 Å². The van der Waals surface area contributed by atoms with E-state index in [0.717, 1.165) is 11.7 Å². The first-order valence-electron chi connectivity index (χ1n) is 3.71. The Bertz CT molecular complexity index is 253. The SMILES string of the molecule is C.Cc1oc(C)[n+](C)c1C.FB(F)F.[F-]. The molecule has 0 bridgehead atoms. The first kappa shape index (κ1) is 19.5. The molecule has 0 N–H and O–H groups in total. The molecule has 0 aliphatic rings. The fourth-order valence-electron chi connectivity index (χ4n) is 0.836. The Labute approximate surface area is 87.7 Å². The van der Waals surface area contributed by atoms with E-state index in [9.17, 15) is 12.9 Å². The van der Waals surface area contributed by atoms with E-state index in [4.69, 9.17) is 4.42 Å². The maximum absolute atomic E-state index is 9.67. The molecule has 0 aliphatic carbocycles. The second-order valence-corrected chi connectivity index (χ2v) is 2.57. The van der Waals surface area contributed by atoms with Crippen molar-refractivity contribution in [3.63, 3.8) is 0 Å². The second kappa shape index (κ2) is 8.32. The van der Waals surface area contributed by atoms with Crippen LogP contribution in [-0.4, -0.2) is 7.54 Å². The zero-order valence-electron chi connectivity index (χ0n) is 8.44. The second-order valence-electron chi connectivity index (χ2n) is 2.57. The molecule has 0 atom stereocenters. The van der Waals surface area contributed by atoms with Gasteiger partial charge in [-0.1, -0.05) is 7.43 Å². The zero-order valence-corrected chi connectivity index (χ0v) is 8.44. The third kappa shape index (κ3) is 6.99. The number of oxazole rings is 1. The molecule has 1 aromatic rings. The molecule has 1 aromatic heterocycles. The van der Waals surface area contributed by atoms with Crippen LogP contribution in [0.5, 0.6) is 0 Å². The molecule has 0 amide bonds. The monoisotopic (exact) mass is 229 g/mol. The van der Waals surface area contributed by atoms with E-state index < -0.39 is 7.54 Å². The lowest BCUT2D eigenvalue weighted by Gasteiger charge is -1.79. The highest BCUT2D eigenvalue weighted by Crippen LogP contribution is 2.02. The van der Waals surface area contributed by atoms with E-state index in [1.165, 1.54) is 5.69 Å². The Hall–Kier alpha value is -1.01. The van der Waals surface area contributed by atoms with Crippen molar-refractivity contribution in [1.29, 1.82) is 0 Å². The van der Waals surface area contributed by atoms with Crippen LogP contribution in [0.3, 0.4) is 0 Å². The van der Waals surface area contributed by atoms with Crippen molar-refractivity contribution in [3.05, 3.63) is 17.3 Å². The van der Waals surface area contributed by atoms with E-state index >= 15 is 0 Å². The summed E-state index contributed by atoms with van der Waals surface area (Å²) in [5, 5.41) is 0. The molecule has 90 valence electrons. The molecule has 0 aromatic carbocycles. The normalized spacial score (nSPS) is 7.93. The number of aryl methyl sites for hydroxylation is 2. The third-order valence-corrected chi connectivity index (χ3v) is 1.79. The van der Waals surface area contributed by atoms with Gasteiger partial charge in [0, 0.05) is 13.8 Å². The Kier molecular flexibility index (Phi) is 10.8. The van der Waals surface area contributed by atoms with Crippen LogP contribution in [0.15, 0.2) is 4.42 Å². The summed E-state index contributed by atoms with van der Waals surface area (Å²) in [7, 11) is -1.67. The molecule has 0 spiro atoms. The third-order valence-electron chi connectivity index (χ3n) is 1.79. The predicted molar refractivity (Wildman–Crippen MR) is 49.9 cm³/mol. The highest BCUT2D eigenvalue weighted by atomic mass is 19.4. The van der Waals surface area contributed by atoms with Gasteiger partial charge >= 0.3 is 13.4 Å². The first-order valence-corrected chi connectivity index (χ1v) is 3.71. The Balaban J connectivity index is -0.000000213. The van der Waals surface area contributed by atoms with Crippen LogP contribution in [0.4, 0.5) is 12.9 Å². The predicted octanol–water partition coefficient (Wildman–Crippen LogP) is -0.451. The van der Waals surface area contributed by atoms with Gasteiger partial charge in [0.25, 0.3) is 0 Å². The highest BCUT2D eigenvalue weighted by Gasteiger charge is 2.13. The van der Waals surface area contributed by atoms with E-state index in [1.807, 2.05) is 32.4 Å². The van der Waals surface area contributed by atoms with Gasteiger partial charge in [0.15, 0.2) is 5.76 Å². The van der Waals surface area contributed by atoms with Crippen molar-refractivity contribution in [2.24, 2.45) is 7.05 Å². The molecule has 0 saturated heterocycles. The zero-order chi connectivity index (χ0) is 10.6. The summed E-state index contributed by atoms with van der Waals surface area (Å²) in [5.74, 6) is 1.97. The average Bonchev–Trinajstić information content (AvgIpc) is 2.17. The van der Waals surface area contributed by atoms with E-state index in [0.29, 0.717) is 0 Å². The van der Waals surface area contributed by atoms with Crippen molar-refractivity contribution in [3.8, 4) is 0 Å². The minimum Gasteiger partial charge on any atom is -1.00 e. The van der Waals surface area contributed by atoms with Crippen LogP contribution in [-0.2, 0) is 7.05 Å². The first-order chi connectivity index (χ1) is 5.86. The molecular weight excluding hydrogens is 213 g/mol. The van der Waals surface area contributed by atoms with E-state index in [-0.39, 0.29) is 12.1 Å². The van der Waals surface area contributed by atoms with E-state index in [2.05, 4.69) is 0 Å². The largest absolute Gasteiger partial charge is 1.00 e. The maximum atomic E-state index is 9.67. The Morgan fingerprint density at radius 3 is 1.53 bits per heavy atom. The summed E-state index contributed by atoms with van der Waals surface area (Å²) < 4.78 is 36.3. The number of halogens is 4. The molecular formula is C8H16BF4NO. The summed E-state index contributed by atoms with van der Waals surface area (Å²) in [4.78, 5) is 0. The van der Waals surface area contributed by atoms with Crippen LogP contribution in [0, 0.1) is 20.8 Å². The molecule has 0 saturated carbocycles. The molecule has 1 heterocycles. The minimum atomic E-state index is -3.67. The number of aromatic nitrogens is 1. The van der Waals surface area contributed by atoms with Crippen LogP contribution in [0.1, 0.15) is 24.8 Å². The summed E-state index contributed by atoms with van der Waals surface area (Å²) in [6.45, 7) is 5.98. The van der Waals surface area contributed by atoms with E-state index in [1.54, 1.807) is 0 Å². The minimum absolute atomic E-state index is 0. The van der Waals surface area contributed by atoms with Crippen LogP contribution >= 0.6 is 0 Å². The molecule has 0 radical (unpaired) electrons. The van der Waals surface area contributed by atoms with Gasteiger partial charge in [0.2, 0.25) is 5.69 Å². The summed E-state index contributed by atoms with van der Waals surface area (Å²) in [6.07, 6.45) is 0. The lowest BCUT2D eigenvalue weighted by Crippen LogP contribution is -3.00. The van der Waals surface area contributed by atoms with Crippen molar-refractivity contribution < 1.29 is 26.6 Å². The quantitative estimate of drug-likeness (QED) is 0.334. The van der Waals surface area contributed by atoms with Crippen molar-refractivity contribution in [2.45, 2.75) is 28.2 Å². The van der Waals surface area contributed by atoms with Crippen LogP contribution < -0.4 is 9.27 Å². The van der Waals surface area contributed by atoms with Gasteiger partial charge in [-0.05, 0) is 0 Å². The molecule has 0 aliphatic heterocycles. The molecule has 7 heteroatoms. The number of nitrogens with zero attached hydrogens (tertiary/aromatic N) is 1. The molecule has 1 rings (SSSR count). The lowest BCUT2D eigenvalue weighted by atomic mass is 10.4. The molecule has 0 unspecified atom stereocenters. The molecule has 0 fully saturated rings. The van der Waals surface area contributed by atoms with Crippen molar-refractivity contribution in [2.75, 3.05) is 0 Å². The summed E-state index contributed by atoms with van der Waals surface area (Å²) >= 11 is 0. The smallest absolute Gasteiger partial charge is 0.762 e. The molecule has 15 heavy (non-hydrogen) atoms.